The first-order valence-electron chi connectivity index (χ1n) is 4.72. The summed E-state index contributed by atoms with van der Waals surface area (Å²) in [5.41, 5.74) is 0. The van der Waals surface area contributed by atoms with Gasteiger partial charge in [-0.05, 0) is 12.5 Å². The maximum Gasteiger partial charge on any atom is 0.302 e. The van der Waals surface area contributed by atoms with Gasteiger partial charge in [0, 0.05) is 6.92 Å². The van der Waals surface area contributed by atoms with Gasteiger partial charge in [0.25, 0.3) is 0 Å². The van der Waals surface area contributed by atoms with Gasteiger partial charge in [-0.25, -0.2) is 0 Å². The van der Waals surface area contributed by atoms with E-state index in [0.29, 0.717) is 6.61 Å². The number of ether oxygens (including phenoxy) is 1. The number of unbranched alkanes of at least 4 members (excludes halogenated alkanes) is 2. The Hall–Kier alpha value is -1.05. The highest BCUT2D eigenvalue weighted by Crippen LogP contribution is 1.94. The fraction of sp³-hybridized carbons (Fsp3) is 0.545. The summed E-state index contributed by atoms with van der Waals surface area (Å²) < 4.78 is 4.71. The van der Waals surface area contributed by atoms with Gasteiger partial charge in [-0.15, -0.1) is 0 Å². The molecule has 0 amide bonds. The van der Waals surface area contributed by atoms with Crippen molar-refractivity contribution in [2.45, 2.75) is 33.1 Å². The SMILES string of the molecule is CCCC/C=C/C=C/COC(C)=O. The lowest BCUT2D eigenvalue weighted by Crippen LogP contribution is -1.96. The van der Waals surface area contributed by atoms with E-state index in [1.165, 1.54) is 19.8 Å². The summed E-state index contributed by atoms with van der Waals surface area (Å²) in [6, 6.07) is 0. The lowest BCUT2D eigenvalue weighted by atomic mass is 10.2. The van der Waals surface area contributed by atoms with Crippen molar-refractivity contribution in [2.24, 2.45) is 0 Å². The second-order valence-electron chi connectivity index (χ2n) is 2.80. The first kappa shape index (κ1) is 11.9. The van der Waals surface area contributed by atoms with Crippen molar-refractivity contribution in [1.29, 1.82) is 0 Å². The van der Waals surface area contributed by atoms with Crippen molar-refractivity contribution in [3.05, 3.63) is 24.3 Å². The quantitative estimate of drug-likeness (QED) is 0.358. The number of carbonyl (C=O) groups is 1. The predicted octanol–water partition coefficient (Wildman–Crippen LogP) is 2.85. The van der Waals surface area contributed by atoms with Crippen LogP contribution in [0.4, 0.5) is 0 Å². The van der Waals surface area contributed by atoms with Gasteiger partial charge in [0.2, 0.25) is 0 Å². The zero-order valence-corrected chi connectivity index (χ0v) is 8.45. The Balaban J connectivity index is 3.29. The van der Waals surface area contributed by atoms with Crippen molar-refractivity contribution >= 4 is 5.97 Å². The van der Waals surface area contributed by atoms with Gasteiger partial charge in [-0.1, -0.05) is 38.0 Å². The van der Waals surface area contributed by atoms with Crippen molar-refractivity contribution in [3.63, 3.8) is 0 Å². The number of esters is 1. The summed E-state index contributed by atoms with van der Waals surface area (Å²) in [5.74, 6) is -0.236. The first-order valence-corrected chi connectivity index (χ1v) is 4.72. The van der Waals surface area contributed by atoms with Crippen molar-refractivity contribution in [1.82, 2.24) is 0 Å². The van der Waals surface area contributed by atoms with Crippen LogP contribution in [-0.2, 0) is 9.53 Å². The summed E-state index contributed by atoms with van der Waals surface area (Å²) in [5, 5.41) is 0. The molecule has 0 saturated heterocycles. The molecule has 0 fully saturated rings. The van der Waals surface area contributed by atoms with E-state index < -0.39 is 0 Å². The molecular formula is C11H18O2. The summed E-state index contributed by atoms with van der Waals surface area (Å²) in [7, 11) is 0. The lowest BCUT2D eigenvalue weighted by Gasteiger charge is -1.92. The minimum Gasteiger partial charge on any atom is -0.462 e. The van der Waals surface area contributed by atoms with Crippen LogP contribution in [0.3, 0.4) is 0 Å². The molecule has 0 aliphatic carbocycles. The Morgan fingerprint density at radius 3 is 2.62 bits per heavy atom. The normalized spacial score (nSPS) is 11.2. The molecule has 0 atom stereocenters. The van der Waals surface area contributed by atoms with Crippen molar-refractivity contribution in [2.75, 3.05) is 6.61 Å². The smallest absolute Gasteiger partial charge is 0.302 e. The van der Waals surface area contributed by atoms with E-state index in [4.69, 9.17) is 4.74 Å². The van der Waals surface area contributed by atoms with Gasteiger partial charge < -0.3 is 4.74 Å². The van der Waals surface area contributed by atoms with Crippen LogP contribution in [0, 0.1) is 0 Å². The maximum atomic E-state index is 10.3. The number of allylic oxidation sites excluding steroid dienone is 3. The second kappa shape index (κ2) is 9.04. The standard InChI is InChI=1S/C11H18O2/c1-3-4-5-6-7-8-9-10-13-11(2)12/h6-9H,3-5,10H2,1-2H3/b7-6+,9-8+. The van der Waals surface area contributed by atoms with Crippen LogP contribution in [0.5, 0.6) is 0 Å². The molecule has 0 aliphatic rings. The zero-order valence-electron chi connectivity index (χ0n) is 8.45. The summed E-state index contributed by atoms with van der Waals surface area (Å²) in [6.45, 7) is 3.95. The van der Waals surface area contributed by atoms with Gasteiger partial charge in [-0.2, -0.15) is 0 Å². The summed E-state index contributed by atoms with van der Waals surface area (Å²) >= 11 is 0. The highest BCUT2D eigenvalue weighted by atomic mass is 16.5. The minimum absolute atomic E-state index is 0.236. The summed E-state index contributed by atoms with van der Waals surface area (Å²) in [6.07, 6.45) is 11.4. The van der Waals surface area contributed by atoms with Crippen LogP contribution in [0.1, 0.15) is 33.1 Å². The van der Waals surface area contributed by atoms with Gasteiger partial charge in [-0.3, -0.25) is 4.79 Å². The minimum atomic E-state index is -0.236. The topological polar surface area (TPSA) is 26.3 Å². The van der Waals surface area contributed by atoms with E-state index in [2.05, 4.69) is 13.0 Å². The molecule has 0 aromatic rings. The van der Waals surface area contributed by atoms with Crippen LogP contribution in [0.25, 0.3) is 0 Å². The average Bonchev–Trinajstić information content (AvgIpc) is 2.09. The van der Waals surface area contributed by atoms with E-state index in [-0.39, 0.29) is 5.97 Å². The highest BCUT2D eigenvalue weighted by Gasteiger charge is 1.85. The van der Waals surface area contributed by atoms with E-state index in [1.807, 2.05) is 18.2 Å². The number of hydrogen-bond donors (Lipinski definition) is 0. The molecule has 0 aliphatic heterocycles. The number of carbonyl (C=O) groups excluding carboxylic acids is 1. The third kappa shape index (κ3) is 10.9. The lowest BCUT2D eigenvalue weighted by molar-refractivity contribution is -0.139. The molecule has 0 rings (SSSR count). The van der Waals surface area contributed by atoms with Gasteiger partial charge in [0.1, 0.15) is 6.61 Å². The summed E-state index contributed by atoms with van der Waals surface area (Å²) in [4.78, 5) is 10.3. The Kier molecular flexibility index (Phi) is 8.31. The highest BCUT2D eigenvalue weighted by molar-refractivity contribution is 5.65. The molecule has 0 heterocycles. The van der Waals surface area contributed by atoms with Gasteiger partial charge in [0.15, 0.2) is 0 Å². The molecular weight excluding hydrogens is 164 g/mol. The molecule has 0 spiro atoms. The fourth-order valence-corrected chi connectivity index (χ4v) is 0.796. The largest absolute Gasteiger partial charge is 0.462 e. The molecule has 0 aromatic carbocycles. The molecule has 0 saturated carbocycles. The molecule has 2 nitrogen and oxygen atoms in total. The van der Waals surface area contributed by atoms with Crippen LogP contribution in [0.15, 0.2) is 24.3 Å². The molecule has 13 heavy (non-hydrogen) atoms. The third-order valence-electron chi connectivity index (χ3n) is 1.49. The van der Waals surface area contributed by atoms with Crippen LogP contribution in [-0.4, -0.2) is 12.6 Å². The predicted molar refractivity (Wildman–Crippen MR) is 54.4 cm³/mol. The molecule has 0 bridgehead atoms. The molecule has 2 heteroatoms. The fourth-order valence-electron chi connectivity index (χ4n) is 0.796. The van der Waals surface area contributed by atoms with Gasteiger partial charge in [0.05, 0.1) is 0 Å². The Morgan fingerprint density at radius 2 is 2.00 bits per heavy atom. The molecule has 0 N–H and O–H groups in total. The number of rotatable bonds is 6. The monoisotopic (exact) mass is 182 g/mol. The molecule has 0 unspecified atom stereocenters. The average molecular weight is 182 g/mol. The Labute approximate surface area is 80.3 Å². The second-order valence-corrected chi connectivity index (χ2v) is 2.80. The van der Waals surface area contributed by atoms with Crippen LogP contribution < -0.4 is 0 Å². The molecule has 0 aromatic heterocycles. The first-order chi connectivity index (χ1) is 6.27. The Morgan fingerprint density at radius 1 is 1.31 bits per heavy atom. The van der Waals surface area contributed by atoms with E-state index >= 15 is 0 Å². The maximum absolute atomic E-state index is 10.3. The van der Waals surface area contributed by atoms with E-state index in [9.17, 15) is 4.79 Å². The van der Waals surface area contributed by atoms with Gasteiger partial charge >= 0.3 is 5.97 Å². The molecule has 74 valence electrons. The molecule has 0 radical (unpaired) electrons. The van der Waals surface area contributed by atoms with E-state index in [0.717, 1.165) is 6.42 Å². The third-order valence-corrected chi connectivity index (χ3v) is 1.49. The number of hydrogen-bond acceptors (Lipinski definition) is 2. The van der Waals surface area contributed by atoms with E-state index in [1.54, 1.807) is 0 Å². The van der Waals surface area contributed by atoms with Crippen LogP contribution >= 0.6 is 0 Å². The van der Waals surface area contributed by atoms with Crippen molar-refractivity contribution in [3.8, 4) is 0 Å². The van der Waals surface area contributed by atoms with Crippen molar-refractivity contribution < 1.29 is 9.53 Å². The van der Waals surface area contributed by atoms with Crippen LogP contribution in [0.2, 0.25) is 0 Å². The Bertz CT molecular complexity index is 181. The zero-order chi connectivity index (χ0) is 9.94.